The molecule has 2 aromatic rings. The number of methoxy groups -OCH3 is 1. The van der Waals surface area contributed by atoms with Gasteiger partial charge in [0, 0.05) is 24.6 Å². The Hall–Kier alpha value is -2.67. The maximum atomic E-state index is 12.2. The van der Waals surface area contributed by atoms with Crippen LogP contribution in [0.2, 0.25) is 0 Å². The van der Waals surface area contributed by atoms with Gasteiger partial charge in [-0.15, -0.1) is 0 Å². The van der Waals surface area contributed by atoms with E-state index < -0.39 is 0 Å². The highest BCUT2D eigenvalue weighted by Crippen LogP contribution is 2.15. The predicted molar refractivity (Wildman–Crippen MR) is 94.6 cm³/mol. The molecule has 0 spiro atoms. The van der Waals surface area contributed by atoms with Crippen LogP contribution >= 0.6 is 0 Å². The molecule has 0 aliphatic heterocycles. The fourth-order valence-electron chi connectivity index (χ4n) is 2.01. The molecule has 0 saturated carbocycles. The minimum Gasteiger partial charge on any atom is -0.497 e. The first kappa shape index (κ1) is 17.7. The highest BCUT2D eigenvalue weighted by Gasteiger charge is 2.08. The van der Waals surface area contributed by atoms with Gasteiger partial charge in [-0.3, -0.25) is 4.79 Å². The second kappa shape index (κ2) is 8.83. The summed E-state index contributed by atoms with van der Waals surface area (Å²) in [5.41, 5.74) is 1.09. The number of amides is 1. The molecule has 0 fully saturated rings. The van der Waals surface area contributed by atoms with Crippen LogP contribution in [0.5, 0.6) is 5.75 Å². The van der Waals surface area contributed by atoms with E-state index in [2.05, 4.69) is 25.5 Å². The van der Waals surface area contributed by atoms with Crippen LogP contribution in [0, 0.1) is 0 Å². The molecule has 1 aromatic carbocycles. The Morgan fingerprint density at radius 1 is 1.17 bits per heavy atom. The third kappa shape index (κ3) is 5.51. The lowest BCUT2D eigenvalue weighted by Gasteiger charge is -2.10. The van der Waals surface area contributed by atoms with Gasteiger partial charge >= 0.3 is 0 Å². The van der Waals surface area contributed by atoms with Crippen LogP contribution in [0.25, 0.3) is 0 Å². The molecule has 0 radical (unpaired) electrons. The maximum absolute atomic E-state index is 12.2. The van der Waals surface area contributed by atoms with Crippen molar-refractivity contribution >= 4 is 17.5 Å². The van der Waals surface area contributed by atoms with Gasteiger partial charge in [0.05, 0.1) is 12.7 Å². The lowest BCUT2D eigenvalue weighted by atomic mass is 10.2. The summed E-state index contributed by atoms with van der Waals surface area (Å²) in [5.74, 6) is 1.01. The zero-order valence-electron chi connectivity index (χ0n) is 14.2. The molecule has 7 nitrogen and oxygen atoms in total. The maximum Gasteiger partial charge on any atom is 0.258 e. The summed E-state index contributed by atoms with van der Waals surface area (Å²) >= 11 is 0. The molecule has 0 aliphatic carbocycles. The molecule has 0 atom stereocenters. The van der Waals surface area contributed by atoms with Crippen molar-refractivity contribution in [2.45, 2.75) is 6.42 Å². The van der Waals surface area contributed by atoms with Crippen molar-refractivity contribution < 1.29 is 9.53 Å². The van der Waals surface area contributed by atoms with Gasteiger partial charge in [-0.25, -0.2) is 9.97 Å². The summed E-state index contributed by atoms with van der Waals surface area (Å²) in [4.78, 5) is 22.6. The van der Waals surface area contributed by atoms with Crippen LogP contribution < -0.4 is 15.4 Å². The van der Waals surface area contributed by atoms with Crippen LogP contribution in [0.4, 0.5) is 11.6 Å². The molecule has 0 saturated heterocycles. The summed E-state index contributed by atoms with van der Waals surface area (Å²) in [6, 6.07) is 7.12. The van der Waals surface area contributed by atoms with E-state index in [1.54, 1.807) is 31.4 Å². The summed E-state index contributed by atoms with van der Waals surface area (Å²) in [6.45, 7) is 1.78. The normalized spacial score (nSPS) is 10.5. The van der Waals surface area contributed by atoms with E-state index >= 15 is 0 Å². The quantitative estimate of drug-likeness (QED) is 0.722. The van der Waals surface area contributed by atoms with Gasteiger partial charge < -0.3 is 20.3 Å². The highest BCUT2D eigenvalue weighted by atomic mass is 16.5. The van der Waals surface area contributed by atoms with Crippen molar-refractivity contribution in [2.75, 3.05) is 44.9 Å². The first-order valence-corrected chi connectivity index (χ1v) is 7.74. The summed E-state index contributed by atoms with van der Waals surface area (Å²) in [6.07, 6.45) is 4.02. The number of hydrogen-bond donors (Lipinski definition) is 2. The van der Waals surface area contributed by atoms with E-state index in [0.717, 1.165) is 25.3 Å². The molecule has 1 aromatic heterocycles. The summed E-state index contributed by atoms with van der Waals surface area (Å²) < 4.78 is 5.08. The van der Waals surface area contributed by atoms with Crippen molar-refractivity contribution in [3.8, 4) is 5.75 Å². The number of carbonyl (C=O) groups is 1. The molecule has 128 valence electrons. The molecule has 24 heavy (non-hydrogen) atoms. The molecular formula is C17H23N5O2. The van der Waals surface area contributed by atoms with Gasteiger partial charge in [0.15, 0.2) is 0 Å². The third-order valence-electron chi connectivity index (χ3n) is 3.33. The Morgan fingerprint density at radius 3 is 2.42 bits per heavy atom. The number of anilines is 2. The highest BCUT2D eigenvalue weighted by molar-refractivity contribution is 6.03. The number of rotatable bonds is 8. The van der Waals surface area contributed by atoms with E-state index in [9.17, 15) is 4.79 Å². The van der Waals surface area contributed by atoms with Crippen molar-refractivity contribution in [3.05, 3.63) is 42.2 Å². The van der Waals surface area contributed by atoms with Crippen molar-refractivity contribution in [1.82, 2.24) is 14.9 Å². The average Bonchev–Trinajstić information content (AvgIpc) is 2.59. The number of carbonyl (C=O) groups excluding carboxylic acids is 1. The molecule has 0 aliphatic rings. The largest absolute Gasteiger partial charge is 0.497 e. The molecule has 7 heteroatoms. The average molecular weight is 329 g/mol. The Kier molecular flexibility index (Phi) is 6.51. The molecular weight excluding hydrogens is 306 g/mol. The topological polar surface area (TPSA) is 79.4 Å². The van der Waals surface area contributed by atoms with Gasteiger partial charge in [-0.1, -0.05) is 0 Å². The first-order chi connectivity index (χ1) is 11.6. The van der Waals surface area contributed by atoms with Gasteiger partial charge in [0.25, 0.3) is 5.91 Å². The van der Waals surface area contributed by atoms with Crippen LogP contribution in [0.1, 0.15) is 16.8 Å². The fourth-order valence-corrected chi connectivity index (χ4v) is 2.01. The number of nitrogens with one attached hydrogen (secondary N) is 2. The first-order valence-electron chi connectivity index (χ1n) is 7.74. The standard InChI is InChI=1S/C17H23N5O2/c1-22(2)10-4-9-18-17-19-11-13(12-20-17)16(23)21-14-5-7-15(24-3)8-6-14/h5-8,11-12H,4,9-10H2,1-3H3,(H,21,23)(H,18,19,20). The SMILES string of the molecule is COc1ccc(NC(=O)c2cnc(NCCCN(C)C)nc2)cc1. The van der Waals surface area contributed by atoms with E-state index in [1.807, 2.05) is 14.1 Å². The minimum absolute atomic E-state index is 0.251. The number of aromatic nitrogens is 2. The van der Waals surface area contributed by atoms with Crippen LogP contribution in [0.3, 0.4) is 0 Å². The Balaban J connectivity index is 1.86. The van der Waals surface area contributed by atoms with Gasteiger partial charge in [0.2, 0.25) is 5.95 Å². The molecule has 2 rings (SSSR count). The second-order valence-electron chi connectivity index (χ2n) is 5.56. The molecule has 2 N–H and O–H groups in total. The van der Waals surface area contributed by atoms with Crippen molar-refractivity contribution in [1.29, 1.82) is 0 Å². The van der Waals surface area contributed by atoms with E-state index in [4.69, 9.17) is 4.74 Å². The lowest BCUT2D eigenvalue weighted by Crippen LogP contribution is -2.17. The number of ether oxygens (including phenoxy) is 1. The lowest BCUT2D eigenvalue weighted by molar-refractivity contribution is 0.102. The van der Waals surface area contributed by atoms with E-state index in [1.165, 1.54) is 12.4 Å². The zero-order chi connectivity index (χ0) is 17.4. The Morgan fingerprint density at radius 2 is 1.83 bits per heavy atom. The van der Waals surface area contributed by atoms with Crippen LogP contribution in [-0.2, 0) is 0 Å². The Bertz CT molecular complexity index is 641. The van der Waals surface area contributed by atoms with Crippen molar-refractivity contribution in [2.24, 2.45) is 0 Å². The van der Waals surface area contributed by atoms with Crippen molar-refractivity contribution in [3.63, 3.8) is 0 Å². The minimum atomic E-state index is -0.251. The number of nitrogens with zero attached hydrogens (tertiary/aromatic N) is 3. The number of hydrogen-bond acceptors (Lipinski definition) is 6. The zero-order valence-corrected chi connectivity index (χ0v) is 14.2. The van der Waals surface area contributed by atoms with E-state index in [-0.39, 0.29) is 5.91 Å². The van der Waals surface area contributed by atoms with Crippen LogP contribution in [0.15, 0.2) is 36.7 Å². The summed E-state index contributed by atoms with van der Waals surface area (Å²) in [7, 11) is 5.67. The molecule has 0 unspecified atom stereocenters. The van der Waals surface area contributed by atoms with Gasteiger partial charge in [-0.05, 0) is 51.3 Å². The monoisotopic (exact) mass is 329 g/mol. The fraction of sp³-hybridized carbons (Fsp3) is 0.353. The van der Waals surface area contributed by atoms with Gasteiger partial charge in [-0.2, -0.15) is 0 Å². The molecule has 1 heterocycles. The summed E-state index contributed by atoms with van der Waals surface area (Å²) in [5, 5.41) is 5.93. The van der Waals surface area contributed by atoms with Gasteiger partial charge in [0.1, 0.15) is 5.75 Å². The third-order valence-corrected chi connectivity index (χ3v) is 3.33. The van der Waals surface area contributed by atoms with E-state index in [0.29, 0.717) is 17.2 Å². The number of benzene rings is 1. The Labute approximate surface area is 142 Å². The second-order valence-corrected chi connectivity index (χ2v) is 5.56. The smallest absolute Gasteiger partial charge is 0.258 e. The molecule has 1 amide bonds. The predicted octanol–water partition coefficient (Wildman–Crippen LogP) is 2.10. The molecule has 0 bridgehead atoms. The van der Waals surface area contributed by atoms with Crippen LogP contribution in [-0.4, -0.2) is 55.1 Å².